The van der Waals surface area contributed by atoms with Gasteiger partial charge >= 0.3 is 0 Å². The smallest absolute Gasteiger partial charge is 0.275 e. The molecule has 0 spiro atoms. The molecule has 0 radical (unpaired) electrons. The Morgan fingerprint density at radius 2 is 2.23 bits per heavy atom. The summed E-state index contributed by atoms with van der Waals surface area (Å²) in [5, 5.41) is 9.28. The van der Waals surface area contributed by atoms with Gasteiger partial charge in [-0.3, -0.25) is 10.0 Å². The van der Waals surface area contributed by atoms with E-state index >= 15 is 0 Å². The lowest BCUT2D eigenvalue weighted by molar-refractivity contribution is 0.0708. The number of benzene rings is 1. The van der Waals surface area contributed by atoms with Gasteiger partial charge in [0.25, 0.3) is 5.91 Å². The maximum absolute atomic E-state index is 11.2. The van der Waals surface area contributed by atoms with E-state index in [1.54, 1.807) is 29.9 Å². The van der Waals surface area contributed by atoms with Crippen molar-refractivity contribution >= 4 is 16.8 Å². The summed E-state index contributed by atoms with van der Waals surface area (Å²) in [5.41, 5.74) is 2.95. The second-order valence-corrected chi connectivity index (χ2v) is 2.69. The number of fused-ring (bicyclic) bond motifs is 1. The Morgan fingerprint density at radius 1 is 1.38 bits per heavy atom. The van der Waals surface area contributed by atoms with Crippen LogP contribution in [0.5, 0.6) is 0 Å². The molecule has 2 aromatic rings. The molecule has 0 saturated heterocycles. The van der Waals surface area contributed by atoms with E-state index < -0.39 is 5.91 Å². The maximum atomic E-state index is 11.2. The summed E-state index contributed by atoms with van der Waals surface area (Å²) in [7, 11) is 0. The van der Waals surface area contributed by atoms with Gasteiger partial charge in [0.1, 0.15) is 0 Å². The van der Waals surface area contributed by atoms with Gasteiger partial charge in [-0.15, -0.1) is 0 Å². The molecule has 4 heteroatoms. The van der Waals surface area contributed by atoms with Gasteiger partial charge < -0.3 is 4.98 Å². The summed E-state index contributed by atoms with van der Waals surface area (Å²) in [4.78, 5) is 14.1. The van der Waals surface area contributed by atoms with Gasteiger partial charge in [0, 0.05) is 17.1 Å². The molecule has 1 aromatic heterocycles. The highest BCUT2D eigenvalue weighted by Gasteiger charge is 2.08. The Kier molecular flexibility index (Phi) is 1.75. The molecule has 2 rings (SSSR count). The molecule has 0 aliphatic carbocycles. The Labute approximate surface area is 74.1 Å². The lowest BCUT2D eigenvalue weighted by atomic mass is 10.1. The first-order valence-electron chi connectivity index (χ1n) is 3.83. The van der Waals surface area contributed by atoms with E-state index in [0.717, 1.165) is 10.9 Å². The predicted octanol–water partition coefficient (Wildman–Crippen LogP) is 1.29. The zero-order chi connectivity index (χ0) is 9.26. The average Bonchev–Trinajstić information content (AvgIpc) is 2.63. The largest absolute Gasteiger partial charge is 0.361 e. The first-order chi connectivity index (χ1) is 6.33. The van der Waals surface area contributed by atoms with Crippen molar-refractivity contribution in [3.8, 4) is 0 Å². The topological polar surface area (TPSA) is 65.1 Å². The summed E-state index contributed by atoms with van der Waals surface area (Å²) in [6.45, 7) is 0. The molecular weight excluding hydrogens is 168 g/mol. The van der Waals surface area contributed by atoms with Crippen LogP contribution in [-0.4, -0.2) is 16.1 Å². The minimum atomic E-state index is -0.495. The quantitative estimate of drug-likeness (QED) is 0.452. The molecule has 4 nitrogen and oxygen atoms in total. The van der Waals surface area contributed by atoms with Gasteiger partial charge in [-0.25, -0.2) is 5.48 Å². The van der Waals surface area contributed by atoms with Crippen LogP contribution in [0.2, 0.25) is 0 Å². The van der Waals surface area contributed by atoms with Crippen LogP contribution in [-0.2, 0) is 0 Å². The van der Waals surface area contributed by atoms with Crippen molar-refractivity contribution in [3.63, 3.8) is 0 Å². The zero-order valence-corrected chi connectivity index (χ0v) is 6.74. The average molecular weight is 176 g/mol. The molecule has 1 amide bonds. The fraction of sp³-hybridized carbons (Fsp3) is 0. The van der Waals surface area contributed by atoms with Crippen LogP contribution in [0.3, 0.4) is 0 Å². The second-order valence-electron chi connectivity index (χ2n) is 2.69. The number of carbonyl (C=O) groups excluding carboxylic acids is 1. The number of hydrogen-bond donors (Lipinski definition) is 3. The molecule has 1 heterocycles. The first-order valence-corrected chi connectivity index (χ1v) is 3.83. The summed E-state index contributed by atoms with van der Waals surface area (Å²) >= 11 is 0. The predicted molar refractivity (Wildman–Crippen MR) is 47.6 cm³/mol. The molecule has 0 aliphatic heterocycles. The number of hydrogen-bond acceptors (Lipinski definition) is 2. The normalized spacial score (nSPS) is 10.2. The van der Waals surface area contributed by atoms with E-state index in [0.29, 0.717) is 5.56 Å². The van der Waals surface area contributed by atoms with Crippen molar-refractivity contribution < 1.29 is 10.0 Å². The number of H-pyrrole nitrogens is 1. The van der Waals surface area contributed by atoms with Crippen molar-refractivity contribution in [2.75, 3.05) is 0 Å². The van der Waals surface area contributed by atoms with Crippen molar-refractivity contribution in [1.82, 2.24) is 10.5 Å². The van der Waals surface area contributed by atoms with Crippen LogP contribution < -0.4 is 5.48 Å². The summed E-state index contributed by atoms with van der Waals surface area (Å²) in [6.07, 6.45) is 1.75. The van der Waals surface area contributed by atoms with E-state index in [1.807, 2.05) is 6.07 Å². The van der Waals surface area contributed by atoms with Gasteiger partial charge in [-0.1, -0.05) is 6.07 Å². The van der Waals surface area contributed by atoms with Gasteiger partial charge in [-0.05, 0) is 18.2 Å². The van der Waals surface area contributed by atoms with E-state index in [9.17, 15) is 4.79 Å². The molecule has 13 heavy (non-hydrogen) atoms. The SMILES string of the molecule is O=C(NO)c1cccc2[nH]ccc12. The number of hydroxylamine groups is 1. The summed E-state index contributed by atoms with van der Waals surface area (Å²) < 4.78 is 0. The fourth-order valence-corrected chi connectivity index (χ4v) is 1.34. The van der Waals surface area contributed by atoms with Crippen molar-refractivity contribution in [2.45, 2.75) is 0 Å². The van der Waals surface area contributed by atoms with E-state index in [4.69, 9.17) is 5.21 Å². The molecule has 0 aliphatic rings. The number of amides is 1. The second kappa shape index (κ2) is 2.91. The Morgan fingerprint density at radius 3 is 3.00 bits per heavy atom. The molecule has 66 valence electrons. The number of nitrogens with one attached hydrogen (secondary N) is 2. The third kappa shape index (κ3) is 1.17. The maximum Gasteiger partial charge on any atom is 0.275 e. The molecule has 0 unspecified atom stereocenters. The van der Waals surface area contributed by atoms with Gasteiger partial charge in [-0.2, -0.15) is 0 Å². The highest BCUT2D eigenvalue weighted by Crippen LogP contribution is 2.16. The molecular formula is C9H8N2O2. The standard InChI is InChI=1S/C9H8N2O2/c12-9(11-13)7-2-1-3-8-6(7)4-5-10-8/h1-5,10,13H,(H,11,12). The van der Waals surface area contributed by atoms with Gasteiger partial charge in [0.15, 0.2) is 0 Å². The Bertz CT molecular complexity index is 448. The lowest BCUT2D eigenvalue weighted by Gasteiger charge is -1.99. The highest BCUT2D eigenvalue weighted by atomic mass is 16.5. The third-order valence-electron chi connectivity index (χ3n) is 1.94. The molecule has 0 fully saturated rings. The monoisotopic (exact) mass is 176 g/mol. The third-order valence-corrected chi connectivity index (χ3v) is 1.94. The van der Waals surface area contributed by atoms with Crippen molar-refractivity contribution in [3.05, 3.63) is 36.0 Å². The number of carbonyl (C=O) groups is 1. The van der Waals surface area contributed by atoms with Crippen LogP contribution in [0, 0.1) is 0 Å². The first kappa shape index (κ1) is 7.82. The minimum Gasteiger partial charge on any atom is -0.361 e. The molecule has 3 N–H and O–H groups in total. The van der Waals surface area contributed by atoms with E-state index in [2.05, 4.69) is 4.98 Å². The van der Waals surface area contributed by atoms with Gasteiger partial charge in [0.2, 0.25) is 0 Å². The minimum absolute atomic E-state index is 0.459. The van der Waals surface area contributed by atoms with Crippen LogP contribution >= 0.6 is 0 Å². The van der Waals surface area contributed by atoms with Crippen molar-refractivity contribution in [1.29, 1.82) is 0 Å². The van der Waals surface area contributed by atoms with Crippen LogP contribution in [0.25, 0.3) is 10.9 Å². The van der Waals surface area contributed by atoms with Crippen LogP contribution in [0.1, 0.15) is 10.4 Å². The highest BCUT2D eigenvalue weighted by molar-refractivity contribution is 6.05. The lowest BCUT2D eigenvalue weighted by Crippen LogP contribution is -2.18. The summed E-state index contributed by atoms with van der Waals surface area (Å²) in [6, 6.07) is 7.06. The molecule has 0 bridgehead atoms. The van der Waals surface area contributed by atoms with Gasteiger partial charge in [0.05, 0.1) is 5.56 Å². The molecule has 0 atom stereocenters. The van der Waals surface area contributed by atoms with E-state index in [-0.39, 0.29) is 0 Å². The fourth-order valence-electron chi connectivity index (χ4n) is 1.34. The van der Waals surface area contributed by atoms with E-state index in [1.165, 1.54) is 0 Å². The molecule has 0 saturated carbocycles. The number of rotatable bonds is 1. The Hall–Kier alpha value is -1.81. The number of aromatic amines is 1. The summed E-state index contributed by atoms with van der Waals surface area (Å²) in [5.74, 6) is -0.495. The number of aromatic nitrogens is 1. The van der Waals surface area contributed by atoms with Crippen molar-refractivity contribution in [2.24, 2.45) is 0 Å². The molecule has 1 aromatic carbocycles. The Balaban J connectivity index is 2.67. The van der Waals surface area contributed by atoms with Crippen LogP contribution in [0.15, 0.2) is 30.5 Å². The zero-order valence-electron chi connectivity index (χ0n) is 6.74. The van der Waals surface area contributed by atoms with Crippen LogP contribution in [0.4, 0.5) is 0 Å².